The van der Waals surface area contributed by atoms with E-state index in [1.54, 1.807) is 0 Å². The van der Waals surface area contributed by atoms with Gasteiger partial charge in [-0.15, -0.1) is 0 Å². The molecule has 1 amide bonds. The van der Waals surface area contributed by atoms with Crippen LogP contribution in [0, 0.1) is 17.8 Å². The summed E-state index contributed by atoms with van der Waals surface area (Å²) in [6.45, 7) is 14.3. The zero-order chi connectivity index (χ0) is 11.3. The molecular weight excluding hydrogens is 174 g/mol. The van der Waals surface area contributed by atoms with Crippen LogP contribution in [0.15, 0.2) is 0 Å². The van der Waals surface area contributed by atoms with Crippen molar-refractivity contribution in [3.05, 3.63) is 0 Å². The fourth-order valence-electron chi connectivity index (χ4n) is 1.30. The Bertz CT molecular complexity index is 175. The molecular formula is C12H25NO. The van der Waals surface area contributed by atoms with Gasteiger partial charge in [-0.3, -0.25) is 4.79 Å². The van der Waals surface area contributed by atoms with Gasteiger partial charge in [0, 0.05) is 19.0 Å². The molecule has 0 aromatic heterocycles. The molecule has 1 unspecified atom stereocenters. The molecule has 0 aromatic rings. The fraction of sp³-hybridized carbons (Fsp3) is 0.917. The third kappa shape index (κ3) is 4.12. The highest BCUT2D eigenvalue weighted by molar-refractivity contribution is 5.78. The van der Waals surface area contributed by atoms with E-state index in [0.29, 0.717) is 11.8 Å². The number of hydrogen-bond donors (Lipinski definition) is 0. The third-order valence-corrected chi connectivity index (χ3v) is 2.83. The summed E-state index contributed by atoms with van der Waals surface area (Å²) in [6.07, 6.45) is 0. The number of nitrogens with zero attached hydrogens (tertiary/aromatic N) is 1. The van der Waals surface area contributed by atoms with Gasteiger partial charge < -0.3 is 4.90 Å². The Kier molecular flexibility index (Phi) is 5.82. The van der Waals surface area contributed by atoms with Crippen molar-refractivity contribution in [3.8, 4) is 0 Å². The summed E-state index contributed by atoms with van der Waals surface area (Å²) in [6, 6.07) is 0. The largest absolute Gasteiger partial charge is 0.342 e. The van der Waals surface area contributed by atoms with Crippen molar-refractivity contribution >= 4 is 5.91 Å². The second-order valence-electron chi connectivity index (χ2n) is 4.75. The number of rotatable bonds is 5. The molecule has 0 spiro atoms. The highest BCUT2D eigenvalue weighted by Crippen LogP contribution is 2.13. The average molecular weight is 199 g/mol. The number of carbonyl (C=O) groups is 1. The van der Waals surface area contributed by atoms with E-state index in [9.17, 15) is 4.79 Å². The SMILES string of the molecule is CCN(CC(C)C(C)C)C(=O)C(C)C. The average Bonchev–Trinajstić information content (AvgIpc) is 2.12. The maximum atomic E-state index is 11.8. The number of amides is 1. The van der Waals surface area contributed by atoms with Gasteiger partial charge in [0.15, 0.2) is 0 Å². The van der Waals surface area contributed by atoms with Gasteiger partial charge >= 0.3 is 0 Å². The lowest BCUT2D eigenvalue weighted by molar-refractivity contribution is -0.135. The van der Waals surface area contributed by atoms with Crippen LogP contribution in [0.1, 0.15) is 41.5 Å². The Morgan fingerprint density at radius 3 is 1.93 bits per heavy atom. The molecule has 0 aliphatic rings. The zero-order valence-corrected chi connectivity index (χ0v) is 10.5. The first-order valence-electron chi connectivity index (χ1n) is 5.68. The van der Waals surface area contributed by atoms with Gasteiger partial charge in [0.05, 0.1) is 0 Å². The van der Waals surface area contributed by atoms with Crippen molar-refractivity contribution in [1.82, 2.24) is 4.90 Å². The second-order valence-corrected chi connectivity index (χ2v) is 4.75. The smallest absolute Gasteiger partial charge is 0.225 e. The van der Waals surface area contributed by atoms with E-state index >= 15 is 0 Å². The highest BCUT2D eigenvalue weighted by atomic mass is 16.2. The normalized spacial score (nSPS) is 13.4. The molecule has 2 nitrogen and oxygen atoms in total. The predicted octanol–water partition coefficient (Wildman–Crippen LogP) is 2.78. The lowest BCUT2D eigenvalue weighted by Gasteiger charge is -2.28. The molecule has 0 N–H and O–H groups in total. The Morgan fingerprint density at radius 1 is 1.14 bits per heavy atom. The van der Waals surface area contributed by atoms with Crippen molar-refractivity contribution in [3.63, 3.8) is 0 Å². The summed E-state index contributed by atoms with van der Waals surface area (Å²) < 4.78 is 0. The molecule has 0 bridgehead atoms. The van der Waals surface area contributed by atoms with Gasteiger partial charge in [0.2, 0.25) is 5.91 Å². The molecule has 84 valence electrons. The van der Waals surface area contributed by atoms with Crippen LogP contribution in [0.3, 0.4) is 0 Å². The Balaban J connectivity index is 4.22. The van der Waals surface area contributed by atoms with Crippen LogP contribution < -0.4 is 0 Å². The minimum absolute atomic E-state index is 0.120. The quantitative estimate of drug-likeness (QED) is 0.666. The van der Waals surface area contributed by atoms with Crippen molar-refractivity contribution in [1.29, 1.82) is 0 Å². The number of carbonyl (C=O) groups excluding carboxylic acids is 1. The minimum Gasteiger partial charge on any atom is -0.342 e. The van der Waals surface area contributed by atoms with E-state index in [2.05, 4.69) is 20.8 Å². The molecule has 0 aliphatic carbocycles. The molecule has 0 fully saturated rings. The van der Waals surface area contributed by atoms with Crippen molar-refractivity contribution in [2.24, 2.45) is 17.8 Å². The van der Waals surface area contributed by atoms with Crippen LogP contribution in [0.4, 0.5) is 0 Å². The maximum absolute atomic E-state index is 11.8. The third-order valence-electron chi connectivity index (χ3n) is 2.83. The van der Waals surface area contributed by atoms with Gasteiger partial charge in [0.25, 0.3) is 0 Å². The Hall–Kier alpha value is -0.530. The van der Waals surface area contributed by atoms with E-state index in [1.807, 2.05) is 25.7 Å². The van der Waals surface area contributed by atoms with Crippen molar-refractivity contribution in [2.75, 3.05) is 13.1 Å². The monoisotopic (exact) mass is 199 g/mol. The van der Waals surface area contributed by atoms with Crippen molar-refractivity contribution in [2.45, 2.75) is 41.5 Å². The first-order valence-corrected chi connectivity index (χ1v) is 5.68. The van der Waals surface area contributed by atoms with E-state index in [-0.39, 0.29) is 11.8 Å². The van der Waals surface area contributed by atoms with Crippen LogP contribution in [0.25, 0.3) is 0 Å². The molecule has 0 aromatic carbocycles. The lowest BCUT2D eigenvalue weighted by Crippen LogP contribution is -2.38. The summed E-state index contributed by atoms with van der Waals surface area (Å²) in [5, 5.41) is 0. The van der Waals surface area contributed by atoms with Crippen LogP contribution in [-0.2, 0) is 4.79 Å². The van der Waals surface area contributed by atoms with Crippen LogP contribution >= 0.6 is 0 Å². The maximum Gasteiger partial charge on any atom is 0.225 e. The fourth-order valence-corrected chi connectivity index (χ4v) is 1.30. The molecule has 2 heteroatoms. The molecule has 0 heterocycles. The van der Waals surface area contributed by atoms with Crippen LogP contribution in [-0.4, -0.2) is 23.9 Å². The van der Waals surface area contributed by atoms with Crippen LogP contribution in [0.2, 0.25) is 0 Å². The Labute approximate surface area is 88.7 Å². The number of hydrogen-bond acceptors (Lipinski definition) is 1. The standard InChI is InChI=1S/C12H25NO/c1-7-13(12(14)10(4)5)8-11(6)9(2)3/h9-11H,7-8H2,1-6H3. The van der Waals surface area contributed by atoms with Crippen LogP contribution in [0.5, 0.6) is 0 Å². The summed E-state index contributed by atoms with van der Waals surface area (Å²) >= 11 is 0. The van der Waals surface area contributed by atoms with Crippen molar-refractivity contribution < 1.29 is 4.79 Å². The first-order chi connectivity index (χ1) is 6.40. The summed E-state index contributed by atoms with van der Waals surface area (Å²) in [4.78, 5) is 13.7. The lowest BCUT2D eigenvalue weighted by atomic mass is 9.97. The van der Waals surface area contributed by atoms with Gasteiger partial charge in [-0.2, -0.15) is 0 Å². The minimum atomic E-state index is 0.120. The summed E-state index contributed by atoms with van der Waals surface area (Å²) in [5.74, 6) is 1.62. The summed E-state index contributed by atoms with van der Waals surface area (Å²) in [5.41, 5.74) is 0. The highest BCUT2D eigenvalue weighted by Gasteiger charge is 2.18. The van der Waals surface area contributed by atoms with Gasteiger partial charge in [-0.25, -0.2) is 0 Å². The molecule has 0 rings (SSSR count). The Morgan fingerprint density at radius 2 is 1.64 bits per heavy atom. The topological polar surface area (TPSA) is 20.3 Å². The van der Waals surface area contributed by atoms with E-state index < -0.39 is 0 Å². The molecule has 14 heavy (non-hydrogen) atoms. The molecule has 1 atom stereocenters. The molecule has 0 saturated carbocycles. The van der Waals surface area contributed by atoms with E-state index in [0.717, 1.165) is 13.1 Å². The zero-order valence-electron chi connectivity index (χ0n) is 10.5. The van der Waals surface area contributed by atoms with Gasteiger partial charge in [0.1, 0.15) is 0 Å². The van der Waals surface area contributed by atoms with E-state index in [1.165, 1.54) is 0 Å². The van der Waals surface area contributed by atoms with E-state index in [4.69, 9.17) is 0 Å². The second kappa shape index (κ2) is 6.05. The van der Waals surface area contributed by atoms with Gasteiger partial charge in [-0.05, 0) is 18.8 Å². The molecule has 0 aliphatic heterocycles. The summed E-state index contributed by atoms with van der Waals surface area (Å²) in [7, 11) is 0. The van der Waals surface area contributed by atoms with Gasteiger partial charge in [-0.1, -0.05) is 34.6 Å². The predicted molar refractivity (Wildman–Crippen MR) is 61.1 cm³/mol. The molecule has 0 saturated heterocycles. The first kappa shape index (κ1) is 13.5. The molecule has 0 radical (unpaired) electrons.